The molecule has 2 N–H and O–H groups in total. The number of nitrogens with one attached hydrogen (secondary N) is 1. The number of carbonyl (C=O) groups is 3. The molecule has 0 bridgehead atoms. The van der Waals surface area contributed by atoms with E-state index in [2.05, 4.69) is 5.32 Å². The van der Waals surface area contributed by atoms with E-state index in [0.29, 0.717) is 29.2 Å². The van der Waals surface area contributed by atoms with Crippen molar-refractivity contribution in [2.75, 3.05) is 25.7 Å². The monoisotopic (exact) mass is 488 g/mol. The summed E-state index contributed by atoms with van der Waals surface area (Å²) in [6.07, 6.45) is -0.116. The minimum Gasteiger partial charge on any atom is -0.467 e. The molecule has 1 heterocycles. The number of halogens is 1. The molecular formula is C25H29ClN2O6. The van der Waals surface area contributed by atoms with Crippen molar-refractivity contribution in [3.8, 4) is 0 Å². The number of anilines is 1. The first kappa shape index (κ1) is 25.7. The molecule has 2 atom stereocenters. The van der Waals surface area contributed by atoms with Crippen molar-refractivity contribution in [3.05, 3.63) is 64.2 Å². The lowest BCUT2D eigenvalue weighted by Crippen LogP contribution is -2.61. The number of methoxy groups -OCH3 is 2. The quantitative estimate of drug-likeness (QED) is 0.434. The molecule has 0 aromatic heterocycles. The molecule has 182 valence electrons. The molecule has 34 heavy (non-hydrogen) atoms. The second kappa shape index (κ2) is 10.5. The van der Waals surface area contributed by atoms with Crippen molar-refractivity contribution < 1.29 is 29.0 Å². The van der Waals surface area contributed by atoms with Gasteiger partial charge in [-0.15, -0.1) is 0 Å². The summed E-state index contributed by atoms with van der Waals surface area (Å²) in [6, 6.07) is 12.6. The van der Waals surface area contributed by atoms with Gasteiger partial charge >= 0.3 is 11.9 Å². The zero-order chi connectivity index (χ0) is 25.0. The number of fused-ring (bicyclic) bond motifs is 1. The van der Waals surface area contributed by atoms with E-state index in [-0.39, 0.29) is 12.5 Å². The van der Waals surface area contributed by atoms with E-state index in [1.165, 1.54) is 21.1 Å². The number of rotatable bonds is 8. The fourth-order valence-corrected chi connectivity index (χ4v) is 4.64. The van der Waals surface area contributed by atoms with Gasteiger partial charge in [0.2, 0.25) is 11.4 Å². The number of nitrogens with zero attached hydrogens (tertiary/aromatic N) is 1. The van der Waals surface area contributed by atoms with Crippen molar-refractivity contribution in [2.24, 2.45) is 0 Å². The maximum atomic E-state index is 12.7. The van der Waals surface area contributed by atoms with Gasteiger partial charge in [0, 0.05) is 36.6 Å². The topological polar surface area (TPSA) is 105 Å². The summed E-state index contributed by atoms with van der Waals surface area (Å²) in [5.74, 6) is -2.16. The van der Waals surface area contributed by atoms with Crippen LogP contribution in [0.5, 0.6) is 0 Å². The Bertz CT molecular complexity index is 1070. The number of benzene rings is 2. The maximum Gasteiger partial charge on any atom is 0.344 e. The van der Waals surface area contributed by atoms with E-state index in [1.54, 1.807) is 24.3 Å². The van der Waals surface area contributed by atoms with Gasteiger partial charge in [-0.25, -0.2) is 9.59 Å². The highest BCUT2D eigenvalue weighted by molar-refractivity contribution is 6.30. The smallest absolute Gasteiger partial charge is 0.344 e. The number of carbonyl (C=O) groups excluding carboxylic acids is 3. The third-order valence-electron chi connectivity index (χ3n) is 6.01. The van der Waals surface area contributed by atoms with Crippen LogP contribution in [0.1, 0.15) is 36.6 Å². The molecule has 1 amide bonds. The highest BCUT2D eigenvalue weighted by Gasteiger charge is 2.59. The minimum absolute atomic E-state index is 0.0168. The van der Waals surface area contributed by atoms with Crippen molar-refractivity contribution >= 4 is 35.1 Å². The molecule has 8 nitrogen and oxygen atoms in total. The highest BCUT2D eigenvalue weighted by atomic mass is 35.5. The first-order chi connectivity index (χ1) is 16.1. The normalized spacial score (nSPS) is 15.9. The van der Waals surface area contributed by atoms with Crippen molar-refractivity contribution in [3.63, 3.8) is 0 Å². The Hall–Kier alpha value is -2.94. The average Bonchev–Trinajstić information content (AvgIpc) is 3.17. The van der Waals surface area contributed by atoms with Gasteiger partial charge in [0.15, 0.2) is 0 Å². The third kappa shape index (κ3) is 4.94. The van der Waals surface area contributed by atoms with Crippen LogP contribution in [0.3, 0.4) is 0 Å². The summed E-state index contributed by atoms with van der Waals surface area (Å²) >= 11 is 6.00. The van der Waals surface area contributed by atoms with Crippen LogP contribution in [0.4, 0.5) is 5.69 Å². The summed E-state index contributed by atoms with van der Waals surface area (Å²) in [6.45, 7) is 3.63. The average molecular weight is 489 g/mol. The fraction of sp³-hybridized carbons (Fsp3) is 0.400. The van der Waals surface area contributed by atoms with Gasteiger partial charge in [-0.1, -0.05) is 35.9 Å². The van der Waals surface area contributed by atoms with Gasteiger partial charge in [0.05, 0.1) is 20.3 Å². The number of amides is 1. The van der Waals surface area contributed by atoms with Crippen LogP contribution in [0.15, 0.2) is 42.5 Å². The number of aliphatic hydroxyl groups excluding tert-OH is 1. The zero-order valence-electron chi connectivity index (χ0n) is 19.6. The molecule has 2 aromatic rings. The highest BCUT2D eigenvalue weighted by Crippen LogP contribution is 2.41. The molecular weight excluding hydrogens is 460 g/mol. The first-order valence-corrected chi connectivity index (χ1v) is 11.3. The SMILES string of the molecule is COC(=O)C1(C(=O)OC)Cc2cc(C[C@@H](C)NCC(O)c3cccc(Cl)c3)ccc2N1C(C)=O. The van der Waals surface area contributed by atoms with Crippen molar-refractivity contribution in [2.45, 2.75) is 44.4 Å². The summed E-state index contributed by atoms with van der Waals surface area (Å²) < 4.78 is 9.78. The van der Waals surface area contributed by atoms with E-state index < -0.39 is 29.5 Å². The number of hydrogen-bond donors (Lipinski definition) is 2. The summed E-state index contributed by atoms with van der Waals surface area (Å²) in [5, 5.41) is 14.3. The predicted molar refractivity (Wildman–Crippen MR) is 128 cm³/mol. The Morgan fingerprint density at radius 1 is 1.15 bits per heavy atom. The molecule has 1 aliphatic heterocycles. The Morgan fingerprint density at radius 3 is 2.41 bits per heavy atom. The summed E-state index contributed by atoms with van der Waals surface area (Å²) in [7, 11) is 2.34. The van der Waals surface area contributed by atoms with Crippen LogP contribution in [0.25, 0.3) is 0 Å². The molecule has 0 aliphatic carbocycles. The van der Waals surface area contributed by atoms with Gasteiger partial charge in [0.25, 0.3) is 0 Å². The second-order valence-corrected chi connectivity index (χ2v) is 8.86. The lowest BCUT2D eigenvalue weighted by molar-refractivity contribution is -0.162. The molecule has 3 rings (SSSR count). The Morgan fingerprint density at radius 2 is 1.82 bits per heavy atom. The standard InChI is InChI=1S/C25H29ClN2O6/c1-15(27-14-22(30)18-6-5-7-20(26)12-18)10-17-8-9-21-19(11-17)13-25(23(31)33-3,24(32)34-4)28(21)16(2)29/h5-9,11-12,15,22,27,30H,10,13-14H2,1-4H3/t15-,22?/m1/s1. The molecule has 1 aliphatic rings. The van der Waals surface area contributed by atoms with Crippen molar-refractivity contribution in [1.82, 2.24) is 5.32 Å². The molecule has 0 saturated carbocycles. The summed E-state index contributed by atoms with van der Waals surface area (Å²) in [5.41, 5.74) is 0.945. The molecule has 2 aromatic carbocycles. The Balaban J connectivity index is 1.76. The number of hydrogen-bond acceptors (Lipinski definition) is 7. The molecule has 0 fully saturated rings. The molecule has 1 unspecified atom stereocenters. The third-order valence-corrected chi connectivity index (χ3v) is 6.24. The second-order valence-electron chi connectivity index (χ2n) is 8.42. The van der Waals surface area contributed by atoms with Gasteiger partial charge < -0.3 is 19.9 Å². The minimum atomic E-state index is -1.89. The number of esters is 2. The van der Waals surface area contributed by atoms with E-state index >= 15 is 0 Å². The fourth-order valence-electron chi connectivity index (χ4n) is 4.44. The van der Waals surface area contributed by atoms with Crippen LogP contribution in [0.2, 0.25) is 5.02 Å². The maximum absolute atomic E-state index is 12.7. The van der Waals surface area contributed by atoms with Crippen LogP contribution < -0.4 is 10.2 Å². The first-order valence-electron chi connectivity index (χ1n) is 10.9. The lowest BCUT2D eigenvalue weighted by atomic mass is 9.93. The predicted octanol–water partition coefficient (Wildman–Crippen LogP) is 2.59. The van der Waals surface area contributed by atoms with Gasteiger partial charge in [-0.2, -0.15) is 0 Å². The molecule has 0 spiro atoms. The van der Waals surface area contributed by atoms with E-state index in [0.717, 1.165) is 16.0 Å². The molecule has 0 saturated heterocycles. The van der Waals surface area contributed by atoms with E-state index in [9.17, 15) is 19.5 Å². The zero-order valence-corrected chi connectivity index (χ0v) is 20.4. The van der Waals surface area contributed by atoms with Gasteiger partial charge in [0.1, 0.15) is 0 Å². The number of ether oxygens (including phenoxy) is 2. The van der Waals surface area contributed by atoms with E-state index in [1.807, 2.05) is 25.1 Å². The van der Waals surface area contributed by atoms with Crippen molar-refractivity contribution in [1.29, 1.82) is 0 Å². The summed E-state index contributed by atoms with van der Waals surface area (Å²) in [4.78, 5) is 39.1. The van der Waals surface area contributed by atoms with Crippen LogP contribution in [-0.2, 0) is 36.7 Å². The Labute approximate surface area is 203 Å². The molecule has 0 radical (unpaired) electrons. The van der Waals surface area contributed by atoms with Crippen LogP contribution in [-0.4, -0.2) is 55.3 Å². The van der Waals surface area contributed by atoms with Gasteiger partial charge in [-0.05, 0) is 48.2 Å². The van der Waals surface area contributed by atoms with Gasteiger partial charge in [-0.3, -0.25) is 9.69 Å². The molecule has 9 heteroatoms. The van der Waals surface area contributed by atoms with E-state index in [4.69, 9.17) is 21.1 Å². The largest absolute Gasteiger partial charge is 0.467 e. The number of aliphatic hydroxyl groups is 1. The van der Waals surface area contributed by atoms with Crippen LogP contribution in [0, 0.1) is 0 Å². The Kier molecular flexibility index (Phi) is 7.97. The lowest BCUT2D eigenvalue weighted by Gasteiger charge is -2.32. The van der Waals surface area contributed by atoms with Crippen LogP contribution >= 0.6 is 11.6 Å².